The molecule has 0 aliphatic rings. The third kappa shape index (κ3) is 4.67. The molecule has 0 bridgehead atoms. The molecular weight excluding hydrogens is 328 g/mol. The minimum absolute atomic E-state index is 0.0406. The Morgan fingerprint density at radius 1 is 1.40 bits per heavy atom. The van der Waals surface area contributed by atoms with E-state index in [2.05, 4.69) is 10.5 Å². The van der Waals surface area contributed by atoms with E-state index in [1.165, 1.54) is 7.11 Å². The SMILES string of the molecule is COc1cc([N+](=O)[O-])cc(/C=N\NC(=O)Cc2ccc(N)cc2)c1O. The quantitative estimate of drug-likeness (QED) is 0.314. The zero-order valence-electron chi connectivity index (χ0n) is 13.3. The maximum atomic E-state index is 11.8. The van der Waals surface area contributed by atoms with E-state index in [1.807, 2.05) is 0 Å². The molecule has 0 atom stereocenters. The third-order valence-corrected chi connectivity index (χ3v) is 3.26. The van der Waals surface area contributed by atoms with Crippen molar-refractivity contribution < 1.29 is 19.6 Å². The summed E-state index contributed by atoms with van der Waals surface area (Å²) in [6.45, 7) is 0. The van der Waals surface area contributed by atoms with Gasteiger partial charge in [0.1, 0.15) is 0 Å². The number of nitro groups is 1. The van der Waals surface area contributed by atoms with Gasteiger partial charge in [-0.1, -0.05) is 12.1 Å². The van der Waals surface area contributed by atoms with Crippen molar-refractivity contribution in [2.24, 2.45) is 5.10 Å². The van der Waals surface area contributed by atoms with Crippen molar-refractivity contribution in [1.29, 1.82) is 0 Å². The Morgan fingerprint density at radius 2 is 2.08 bits per heavy atom. The summed E-state index contributed by atoms with van der Waals surface area (Å²) >= 11 is 0. The number of hydrogen-bond donors (Lipinski definition) is 3. The third-order valence-electron chi connectivity index (χ3n) is 3.26. The number of hydrazone groups is 1. The summed E-state index contributed by atoms with van der Waals surface area (Å²) in [5.74, 6) is -0.772. The average Bonchev–Trinajstić information content (AvgIpc) is 2.58. The van der Waals surface area contributed by atoms with E-state index < -0.39 is 10.8 Å². The van der Waals surface area contributed by atoms with E-state index in [4.69, 9.17) is 10.5 Å². The Balaban J connectivity index is 2.08. The highest BCUT2D eigenvalue weighted by Gasteiger charge is 2.15. The topological polar surface area (TPSA) is 140 Å². The second-order valence-corrected chi connectivity index (χ2v) is 5.05. The van der Waals surface area contributed by atoms with E-state index in [1.54, 1.807) is 24.3 Å². The lowest BCUT2D eigenvalue weighted by molar-refractivity contribution is -0.385. The van der Waals surface area contributed by atoms with Gasteiger partial charge in [-0.15, -0.1) is 0 Å². The Morgan fingerprint density at radius 3 is 2.68 bits per heavy atom. The first-order valence-electron chi connectivity index (χ1n) is 7.12. The van der Waals surface area contributed by atoms with Gasteiger partial charge in [-0.3, -0.25) is 14.9 Å². The summed E-state index contributed by atoms with van der Waals surface area (Å²) in [6, 6.07) is 9.00. The standard InChI is InChI=1S/C16H16N4O5/c1-25-14-8-13(20(23)24)7-11(16(14)22)9-18-19-15(21)6-10-2-4-12(17)5-3-10/h2-5,7-9,22H,6,17H2,1H3,(H,19,21)/b18-9-. The Labute approximate surface area is 142 Å². The number of benzene rings is 2. The predicted octanol–water partition coefficient (Wildman–Crippen LogP) is 1.58. The number of carbonyl (C=O) groups is 1. The summed E-state index contributed by atoms with van der Waals surface area (Å²) in [6.07, 6.45) is 1.19. The zero-order valence-corrected chi connectivity index (χ0v) is 13.3. The van der Waals surface area contributed by atoms with E-state index in [0.717, 1.165) is 23.9 Å². The number of nitrogen functional groups attached to an aromatic ring is 1. The van der Waals surface area contributed by atoms with Gasteiger partial charge in [-0.2, -0.15) is 5.10 Å². The number of nitro benzene ring substituents is 1. The van der Waals surface area contributed by atoms with E-state index in [9.17, 15) is 20.0 Å². The van der Waals surface area contributed by atoms with Crippen LogP contribution in [0.2, 0.25) is 0 Å². The van der Waals surface area contributed by atoms with Crippen LogP contribution in [0.5, 0.6) is 11.5 Å². The maximum Gasteiger partial charge on any atom is 0.274 e. The van der Waals surface area contributed by atoms with Gasteiger partial charge in [0.15, 0.2) is 11.5 Å². The Kier molecular flexibility index (Phi) is 5.51. The lowest BCUT2D eigenvalue weighted by Crippen LogP contribution is -2.19. The van der Waals surface area contributed by atoms with Crippen LogP contribution in [0.15, 0.2) is 41.5 Å². The molecule has 0 aromatic heterocycles. The molecule has 1 amide bonds. The molecule has 0 heterocycles. The molecule has 0 radical (unpaired) electrons. The molecular formula is C16H16N4O5. The number of phenols is 1. The fourth-order valence-corrected chi connectivity index (χ4v) is 2.01. The molecule has 2 aromatic rings. The minimum atomic E-state index is -0.626. The van der Waals surface area contributed by atoms with Crippen molar-refractivity contribution in [1.82, 2.24) is 5.43 Å². The highest BCUT2D eigenvalue weighted by Crippen LogP contribution is 2.33. The van der Waals surface area contributed by atoms with Crippen molar-refractivity contribution in [2.75, 3.05) is 12.8 Å². The number of nitrogens with zero attached hydrogens (tertiary/aromatic N) is 2. The number of ether oxygens (including phenoxy) is 1. The molecule has 0 spiro atoms. The van der Waals surface area contributed by atoms with Crippen LogP contribution >= 0.6 is 0 Å². The van der Waals surface area contributed by atoms with Crippen molar-refractivity contribution in [3.63, 3.8) is 0 Å². The fraction of sp³-hybridized carbons (Fsp3) is 0.125. The van der Waals surface area contributed by atoms with Crippen LogP contribution in [0.1, 0.15) is 11.1 Å². The number of nitrogens with one attached hydrogen (secondary N) is 1. The number of aromatic hydroxyl groups is 1. The summed E-state index contributed by atoms with van der Waals surface area (Å²) in [5, 5.41) is 24.5. The molecule has 0 saturated carbocycles. The second-order valence-electron chi connectivity index (χ2n) is 5.05. The number of methoxy groups -OCH3 is 1. The van der Waals surface area contributed by atoms with Gasteiger partial charge in [-0.25, -0.2) is 5.43 Å². The normalized spacial score (nSPS) is 10.6. The summed E-state index contributed by atoms with van der Waals surface area (Å²) in [5.41, 5.74) is 8.97. The molecule has 9 heteroatoms. The largest absolute Gasteiger partial charge is 0.504 e. The monoisotopic (exact) mass is 344 g/mol. The number of carbonyl (C=O) groups excluding carboxylic acids is 1. The summed E-state index contributed by atoms with van der Waals surface area (Å²) < 4.78 is 4.88. The number of phenolic OH excluding ortho intramolecular Hbond substituents is 1. The number of hydrogen-bond acceptors (Lipinski definition) is 7. The van der Waals surface area contributed by atoms with E-state index >= 15 is 0 Å². The molecule has 0 fully saturated rings. The summed E-state index contributed by atoms with van der Waals surface area (Å²) in [4.78, 5) is 22.1. The Bertz CT molecular complexity index is 818. The number of nitrogens with two attached hydrogens (primary N) is 1. The van der Waals surface area contributed by atoms with Crippen LogP contribution in [0.3, 0.4) is 0 Å². The van der Waals surface area contributed by atoms with Crippen LogP contribution in [-0.2, 0) is 11.2 Å². The average molecular weight is 344 g/mol. The highest BCUT2D eigenvalue weighted by molar-refractivity contribution is 5.87. The number of non-ortho nitro benzene ring substituents is 1. The van der Waals surface area contributed by atoms with Gasteiger partial charge in [0.2, 0.25) is 5.91 Å². The predicted molar refractivity (Wildman–Crippen MR) is 91.6 cm³/mol. The molecule has 2 aromatic carbocycles. The van der Waals surface area contributed by atoms with Gasteiger partial charge < -0.3 is 15.6 Å². The van der Waals surface area contributed by atoms with Gasteiger partial charge in [0, 0.05) is 17.3 Å². The van der Waals surface area contributed by atoms with Crippen LogP contribution < -0.4 is 15.9 Å². The highest BCUT2D eigenvalue weighted by atomic mass is 16.6. The number of anilines is 1. The van der Waals surface area contributed by atoms with Crippen molar-refractivity contribution in [3.05, 3.63) is 57.6 Å². The smallest absolute Gasteiger partial charge is 0.274 e. The zero-order chi connectivity index (χ0) is 18.4. The van der Waals surface area contributed by atoms with E-state index in [-0.39, 0.29) is 29.2 Å². The van der Waals surface area contributed by atoms with Crippen molar-refractivity contribution in [3.8, 4) is 11.5 Å². The number of rotatable bonds is 6. The molecule has 4 N–H and O–H groups in total. The minimum Gasteiger partial charge on any atom is -0.504 e. The summed E-state index contributed by atoms with van der Waals surface area (Å²) in [7, 11) is 1.27. The van der Waals surface area contributed by atoms with Gasteiger partial charge in [0.25, 0.3) is 5.69 Å². The first kappa shape index (κ1) is 17.7. The molecule has 2 rings (SSSR count). The van der Waals surface area contributed by atoms with Gasteiger partial charge >= 0.3 is 0 Å². The van der Waals surface area contributed by atoms with Crippen molar-refractivity contribution in [2.45, 2.75) is 6.42 Å². The maximum absolute atomic E-state index is 11.8. The van der Waals surface area contributed by atoms with E-state index in [0.29, 0.717) is 5.69 Å². The molecule has 0 unspecified atom stereocenters. The molecule has 25 heavy (non-hydrogen) atoms. The van der Waals surface area contributed by atoms with Crippen LogP contribution in [0.4, 0.5) is 11.4 Å². The second kappa shape index (κ2) is 7.77. The lowest BCUT2D eigenvalue weighted by atomic mass is 10.1. The van der Waals surface area contributed by atoms with Gasteiger partial charge in [-0.05, 0) is 17.7 Å². The first-order valence-corrected chi connectivity index (χ1v) is 7.12. The molecule has 0 aliphatic heterocycles. The number of amides is 1. The molecule has 9 nitrogen and oxygen atoms in total. The lowest BCUT2D eigenvalue weighted by Gasteiger charge is -2.06. The Hall–Kier alpha value is -3.62. The van der Waals surface area contributed by atoms with Crippen LogP contribution in [0.25, 0.3) is 0 Å². The molecule has 0 aliphatic carbocycles. The fourth-order valence-electron chi connectivity index (χ4n) is 2.01. The van der Waals surface area contributed by atoms with Crippen LogP contribution in [-0.4, -0.2) is 29.3 Å². The van der Waals surface area contributed by atoms with Crippen molar-refractivity contribution >= 4 is 23.5 Å². The van der Waals surface area contributed by atoms with Crippen LogP contribution in [0, 0.1) is 10.1 Å². The van der Waals surface area contributed by atoms with Gasteiger partial charge in [0.05, 0.1) is 30.7 Å². The molecule has 0 saturated heterocycles. The first-order chi connectivity index (χ1) is 11.9. The molecule has 130 valence electrons.